The lowest BCUT2D eigenvalue weighted by Gasteiger charge is -2.32. The monoisotopic (exact) mass is 356 g/mol. The van der Waals surface area contributed by atoms with Gasteiger partial charge in [-0.3, -0.25) is 10.2 Å². The van der Waals surface area contributed by atoms with Crippen LogP contribution in [0.4, 0.5) is 10.5 Å². The van der Waals surface area contributed by atoms with Crippen molar-refractivity contribution in [1.29, 1.82) is 0 Å². The van der Waals surface area contributed by atoms with Crippen LogP contribution in [-0.4, -0.2) is 36.0 Å². The zero-order chi connectivity index (χ0) is 18.3. The van der Waals surface area contributed by atoms with Crippen molar-refractivity contribution in [2.75, 3.05) is 11.9 Å². The molecule has 8 nitrogen and oxygen atoms in total. The number of amides is 2. The fourth-order valence-electron chi connectivity index (χ4n) is 2.11. The lowest BCUT2D eigenvalue weighted by Crippen LogP contribution is -2.43. The van der Waals surface area contributed by atoms with Crippen molar-refractivity contribution in [1.82, 2.24) is 10.9 Å². The van der Waals surface area contributed by atoms with E-state index in [2.05, 4.69) is 10.7 Å². The predicted molar refractivity (Wildman–Crippen MR) is 91.0 cm³/mol. The van der Waals surface area contributed by atoms with Crippen LogP contribution in [0.3, 0.4) is 0 Å². The number of rotatable bonds is 9. The Hall–Kier alpha value is -2.32. The number of nitrogens with two attached hydrogens (primary N) is 1. The summed E-state index contributed by atoms with van der Waals surface area (Å²) >= 11 is 5.86. The van der Waals surface area contributed by atoms with Crippen LogP contribution in [-0.2, 0) is 4.79 Å². The maximum Gasteiger partial charge on any atom is 0.419 e. The van der Waals surface area contributed by atoms with Gasteiger partial charge in [0.1, 0.15) is 6.29 Å². The van der Waals surface area contributed by atoms with E-state index in [1.165, 1.54) is 6.07 Å². The lowest BCUT2D eigenvalue weighted by molar-refractivity contribution is -0.110. The zero-order valence-corrected chi connectivity index (χ0v) is 14.2. The van der Waals surface area contributed by atoms with E-state index >= 15 is 0 Å². The molecule has 0 aliphatic heterocycles. The topological polar surface area (TPSA) is 134 Å². The van der Waals surface area contributed by atoms with Crippen molar-refractivity contribution in [2.24, 2.45) is 11.1 Å². The number of carbonyl (C=O) groups excluding carboxylic acids is 2. The Kier molecular flexibility index (Phi) is 6.99. The van der Waals surface area contributed by atoms with E-state index in [0.717, 1.165) is 6.29 Å². The maximum absolute atomic E-state index is 11.5. The quantitative estimate of drug-likeness (QED) is 0.259. The van der Waals surface area contributed by atoms with Crippen LogP contribution in [0.25, 0.3) is 0 Å². The van der Waals surface area contributed by atoms with Gasteiger partial charge in [-0.15, -0.1) is 0 Å². The molecule has 0 saturated carbocycles. The van der Waals surface area contributed by atoms with Crippen LogP contribution in [0.15, 0.2) is 18.2 Å². The summed E-state index contributed by atoms with van der Waals surface area (Å²) in [6.45, 7) is 4.03. The number of anilines is 1. The number of halogens is 1. The second-order valence-electron chi connectivity index (χ2n) is 5.91. The molecule has 1 aromatic carbocycles. The summed E-state index contributed by atoms with van der Waals surface area (Å²) in [5.41, 5.74) is 9.99. The van der Waals surface area contributed by atoms with Crippen LogP contribution in [0, 0.1) is 5.41 Å². The molecule has 0 aromatic heterocycles. The zero-order valence-electron chi connectivity index (χ0n) is 13.4. The molecule has 1 unspecified atom stereocenters. The van der Waals surface area contributed by atoms with E-state index in [1.807, 2.05) is 19.3 Å². The smallest absolute Gasteiger partial charge is 0.419 e. The minimum absolute atomic E-state index is 0.191. The number of hydrazine groups is 1. The van der Waals surface area contributed by atoms with Crippen molar-refractivity contribution < 1.29 is 19.5 Å². The molecule has 0 fully saturated rings. The Morgan fingerprint density at radius 2 is 2.08 bits per heavy atom. The summed E-state index contributed by atoms with van der Waals surface area (Å²) in [6.07, 6.45) is 0.0397. The van der Waals surface area contributed by atoms with Gasteiger partial charge in [0.15, 0.2) is 0 Å². The van der Waals surface area contributed by atoms with Gasteiger partial charge in [-0.05, 0) is 30.0 Å². The van der Waals surface area contributed by atoms with Gasteiger partial charge in [0, 0.05) is 17.3 Å². The van der Waals surface area contributed by atoms with Crippen molar-refractivity contribution in [2.45, 2.75) is 26.3 Å². The first-order valence-corrected chi connectivity index (χ1v) is 7.58. The molecule has 6 N–H and O–H groups in total. The highest BCUT2D eigenvalue weighted by molar-refractivity contribution is 6.31. The molecule has 24 heavy (non-hydrogen) atoms. The number of aldehydes is 1. The van der Waals surface area contributed by atoms with Crippen molar-refractivity contribution >= 4 is 35.6 Å². The highest BCUT2D eigenvalue weighted by atomic mass is 35.5. The second kappa shape index (κ2) is 8.51. The number of carboxylic acid groups (broad SMARTS) is 1. The molecule has 0 spiro atoms. The van der Waals surface area contributed by atoms with Crippen LogP contribution in [0.2, 0.25) is 5.02 Å². The Morgan fingerprint density at radius 3 is 2.62 bits per heavy atom. The number of hydrogen-bond acceptors (Lipinski definition) is 5. The van der Waals surface area contributed by atoms with Gasteiger partial charge in [-0.25, -0.2) is 10.2 Å². The fraction of sp³-hybridized carbons (Fsp3) is 0.400. The standard InChI is InChI=1S/C15H21ClN4O4/c1-15(2,5-6-18-20-14(23)24)12(8-21)19-11-4-3-9(16)7-10(11)13(17)22/h3-4,7-8,12,18-20H,5-6H2,1-2H3,(H2,17,22)(H,23,24). The van der Waals surface area contributed by atoms with Gasteiger partial charge in [0.25, 0.3) is 5.91 Å². The molecule has 1 rings (SSSR count). The summed E-state index contributed by atoms with van der Waals surface area (Å²) < 4.78 is 0. The molecule has 1 aromatic rings. The first-order chi connectivity index (χ1) is 11.2. The minimum atomic E-state index is -1.19. The largest absolute Gasteiger partial charge is 0.464 e. The molecule has 9 heteroatoms. The van der Waals surface area contributed by atoms with E-state index in [-0.39, 0.29) is 5.56 Å². The average Bonchev–Trinajstić information content (AvgIpc) is 2.49. The van der Waals surface area contributed by atoms with Crippen LogP contribution in [0.1, 0.15) is 30.6 Å². The van der Waals surface area contributed by atoms with Gasteiger partial charge in [-0.2, -0.15) is 0 Å². The summed E-state index contributed by atoms with van der Waals surface area (Å²) in [5.74, 6) is -0.658. The Balaban J connectivity index is 2.84. The minimum Gasteiger partial charge on any atom is -0.464 e. The van der Waals surface area contributed by atoms with Gasteiger partial charge in [0.2, 0.25) is 0 Å². The highest BCUT2D eigenvalue weighted by Crippen LogP contribution is 2.28. The molecular weight excluding hydrogens is 336 g/mol. The third-order valence-electron chi connectivity index (χ3n) is 3.63. The molecule has 1 atom stereocenters. The van der Waals surface area contributed by atoms with Gasteiger partial charge < -0.3 is 21.0 Å². The number of benzene rings is 1. The maximum atomic E-state index is 11.5. The fourth-order valence-corrected chi connectivity index (χ4v) is 2.28. The third kappa shape index (κ3) is 5.71. The molecule has 0 saturated heterocycles. The number of carbonyl (C=O) groups is 3. The number of primary amides is 1. The Labute approximate surface area is 144 Å². The normalized spacial score (nSPS) is 12.3. The molecule has 0 heterocycles. The van der Waals surface area contributed by atoms with E-state index in [1.54, 1.807) is 12.1 Å². The van der Waals surface area contributed by atoms with Crippen molar-refractivity contribution in [3.63, 3.8) is 0 Å². The first-order valence-electron chi connectivity index (χ1n) is 7.20. The molecule has 0 bridgehead atoms. The summed E-state index contributed by atoms with van der Waals surface area (Å²) in [7, 11) is 0. The third-order valence-corrected chi connectivity index (χ3v) is 3.86. The van der Waals surface area contributed by atoms with E-state index in [0.29, 0.717) is 23.7 Å². The first kappa shape index (κ1) is 19.7. The lowest BCUT2D eigenvalue weighted by atomic mass is 9.81. The molecule has 132 valence electrons. The van der Waals surface area contributed by atoms with E-state index in [4.69, 9.17) is 22.4 Å². The SMILES string of the molecule is CC(C)(CCNNC(=O)O)C(C=O)Nc1ccc(Cl)cc1C(N)=O. The second-order valence-corrected chi connectivity index (χ2v) is 6.34. The van der Waals surface area contributed by atoms with E-state index < -0.39 is 23.5 Å². The van der Waals surface area contributed by atoms with E-state index in [9.17, 15) is 14.4 Å². The van der Waals surface area contributed by atoms with Gasteiger partial charge in [0.05, 0.1) is 11.6 Å². The molecule has 0 aliphatic carbocycles. The van der Waals surface area contributed by atoms with Crippen molar-refractivity contribution in [3.8, 4) is 0 Å². The summed E-state index contributed by atoms with van der Waals surface area (Å²) in [5, 5.41) is 11.9. The Morgan fingerprint density at radius 1 is 1.42 bits per heavy atom. The predicted octanol–water partition coefficient (Wildman–Crippen LogP) is 1.61. The van der Waals surface area contributed by atoms with Crippen LogP contribution >= 0.6 is 11.6 Å². The summed E-state index contributed by atoms with van der Waals surface area (Å²) in [6, 6.07) is 3.98. The average molecular weight is 357 g/mol. The van der Waals surface area contributed by atoms with Gasteiger partial charge >= 0.3 is 6.09 Å². The molecule has 2 amide bonds. The summed E-state index contributed by atoms with van der Waals surface area (Å²) in [4.78, 5) is 33.4. The molecular formula is C15H21ClN4O4. The Bertz CT molecular complexity index is 621. The molecule has 0 radical (unpaired) electrons. The number of hydrogen-bond donors (Lipinski definition) is 5. The van der Waals surface area contributed by atoms with Gasteiger partial charge in [-0.1, -0.05) is 25.4 Å². The van der Waals surface area contributed by atoms with Crippen molar-refractivity contribution in [3.05, 3.63) is 28.8 Å². The highest BCUT2D eigenvalue weighted by Gasteiger charge is 2.29. The van der Waals surface area contributed by atoms with Crippen LogP contribution < -0.4 is 21.9 Å². The number of nitrogens with one attached hydrogen (secondary N) is 3. The molecule has 0 aliphatic rings. The van der Waals surface area contributed by atoms with Crippen LogP contribution in [0.5, 0.6) is 0 Å².